The van der Waals surface area contributed by atoms with Gasteiger partial charge >= 0.3 is 5.63 Å². The van der Waals surface area contributed by atoms with Crippen LogP contribution in [0.4, 0.5) is 5.69 Å². The van der Waals surface area contributed by atoms with E-state index in [0.717, 1.165) is 22.2 Å². The highest BCUT2D eigenvalue weighted by atomic mass is 35.5. The zero-order valence-electron chi connectivity index (χ0n) is 15.5. The lowest BCUT2D eigenvalue weighted by Gasteiger charge is -2.15. The van der Waals surface area contributed by atoms with Crippen LogP contribution in [0, 0.1) is 6.92 Å². The fraction of sp³-hybridized carbons (Fsp3) is 0.250. The molecule has 3 rings (SSSR count). The van der Waals surface area contributed by atoms with Crippen molar-refractivity contribution < 1.29 is 18.6 Å². The molecule has 142 valence electrons. The molecule has 0 spiro atoms. The molecule has 0 aliphatic heterocycles. The first-order chi connectivity index (χ1) is 13.0. The van der Waals surface area contributed by atoms with Crippen LogP contribution >= 0.6 is 11.6 Å². The van der Waals surface area contributed by atoms with Gasteiger partial charge < -0.3 is 23.9 Å². The lowest BCUT2D eigenvalue weighted by atomic mass is 10.1. The summed E-state index contributed by atoms with van der Waals surface area (Å²) in [5, 5.41) is 4.67. The van der Waals surface area contributed by atoms with E-state index in [1.165, 1.54) is 6.07 Å². The molecule has 0 radical (unpaired) electrons. The number of halogens is 1. The number of methoxy groups -OCH3 is 3. The normalized spacial score (nSPS) is 10.7. The quantitative estimate of drug-likeness (QED) is 0.630. The van der Waals surface area contributed by atoms with Crippen LogP contribution in [-0.4, -0.2) is 21.3 Å². The minimum absolute atomic E-state index is 0.389. The lowest BCUT2D eigenvalue weighted by molar-refractivity contribution is 0.324. The van der Waals surface area contributed by atoms with Gasteiger partial charge in [0.1, 0.15) is 5.58 Å². The highest BCUT2D eigenvalue weighted by molar-refractivity contribution is 6.32. The van der Waals surface area contributed by atoms with Crippen molar-refractivity contribution in [2.45, 2.75) is 13.5 Å². The summed E-state index contributed by atoms with van der Waals surface area (Å²) in [7, 11) is 4.66. The van der Waals surface area contributed by atoms with Gasteiger partial charge in [0, 0.05) is 40.8 Å². The first kappa shape index (κ1) is 18.9. The second-order valence-electron chi connectivity index (χ2n) is 5.96. The molecule has 0 amide bonds. The summed E-state index contributed by atoms with van der Waals surface area (Å²) in [6, 6.07) is 8.63. The molecule has 3 aromatic rings. The summed E-state index contributed by atoms with van der Waals surface area (Å²) in [6.45, 7) is 2.25. The predicted molar refractivity (Wildman–Crippen MR) is 106 cm³/mol. The van der Waals surface area contributed by atoms with Crippen molar-refractivity contribution in [3.05, 3.63) is 56.9 Å². The number of aryl methyl sites for hydroxylation is 1. The van der Waals surface area contributed by atoms with Gasteiger partial charge in [-0.1, -0.05) is 11.6 Å². The Labute approximate surface area is 161 Å². The van der Waals surface area contributed by atoms with Crippen LogP contribution in [0.25, 0.3) is 11.0 Å². The van der Waals surface area contributed by atoms with Crippen molar-refractivity contribution in [3.63, 3.8) is 0 Å². The molecule has 1 N–H and O–H groups in total. The zero-order valence-corrected chi connectivity index (χ0v) is 16.3. The molecule has 27 heavy (non-hydrogen) atoms. The zero-order chi connectivity index (χ0) is 19.6. The molecular weight excluding hydrogens is 370 g/mol. The van der Waals surface area contributed by atoms with Crippen LogP contribution in [0.15, 0.2) is 39.5 Å². The standard InChI is InChI=1S/C20H20ClNO5/c1-11-5-16-14(9-15(11)21)12(6-19(23)27-16)10-22-13-7-17(24-2)20(26-4)18(8-13)25-3/h5-9,22H,10H2,1-4H3. The van der Waals surface area contributed by atoms with Crippen molar-refractivity contribution in [1.29, 1.82) is 0 Å². The summed E-state index contributed by atoms with van der Waals surface area (Å²) in [5.74, 6) is 1.59. The van der Waals surface area contributed by atoms with Crippen molar-refractivity contribution >= 4 is 28.3 Å². The van der Waals surface area contributed by atoms with Crippen molar-refractivity contribution in [2.75, 3.05) is 26.6 Å². The molecule has 0 bridgehead atoms. The van der Waals surface area contributed by atoms with Crippen LogP contribution < -0.4 is 25.2 Å². The monoisotopic (exact) mass is 389 g/mol. The van der Waals surface area contributed by atoms with Gasteiger partial charge in [0.15, 0.2) is 11.5 Å². The molecule has 0 saturated heterocycles. The third kappa shape index (κ3) is 3.80. The highest BCUT2D eigenvalue weighted by Crippen LogP contribution is 2.40. The van der Waals surface area contributed by atoms with Crippen molar-refractivity contribution in [3.8, 4) is 17.2 Å². The summed E-state index contributed by atoms with van der Waals surface area (Å²) in [5.41, 5.74) is 2.47. The van der Waals surface area contributed by atoms with Gasteiger partial charge in [0.2, 0.25) is 5.75 Å². The third-order valence-electron chi connectivity index (χ3n) is 4.26. The Morgan fingerprint density at radius 1 is 1.00 bits per heavy atom. The van der Waals surface area contributed by atoms with Crippen LogP contribution in [0.1, 0.15) is 11.1 Å². The van der Waals surface area contributed by atoms with Gasteiger partial charge in [0.25, 0.3) is 0 Å². The summed E-state index contributed by atoms with van der Waals surface area (Å²) in [6.07, 6.45) is 0. The number of anilines is 1. The van der Waals surface area contributed by atoms with Gasteiger partial charge in [0.05, 0.1) is 21.3 Å². The fourth-order valence-corrected chi connectivity index (χ4v) is 3.04. The Morgan fingerprint density at radius 2 is 1.67 bits per heavy atom. The van der Waals surface area contributed by atoms with E-state index in [9.17, 15) is 4.79 Å². The number of hydrogen-bond acceptors (Lipinski definition) is 6. The number of rotatable bonds is 6. The molecule has 7 heteroatoms. The molecule has 6 nitrogen and oxygen atoms in total. The topological polar surface area (TPSA) is 69.9 Å². The van der Waals surface area contributed by atoms with Crippen LogP contribution in [0.3, 0.4) is 0 Å². The van der Waals surface area contributed by atoms with Gasteiger partial charge in [-0.2, -0.15) is 0 Å². The number of benzene rings is 2. The van der Waals surface area contributed by atoms with E-state index in [2.05, 4.69) is 5.32 Å². The minimum atomic E-state index is -0.411. The van der Waals surface area contributed by atoms with E-state index in [1.54, 1.807) is 45.6 Å². The lowest BCUT2D eigenvalue weighted by Crippen LogP contribution is -2.06. The first-order valence-corrected chi connectivity index (χ1v) is 8.61. The summed E-state index contributed by atoms with van der Waals surface area (Å²) >= 11 is 6.24. The maximum Gasteiger partial charge on any atom is 0.336 e. The smallest absolute Gasteiger partial charge is 0.336 e. The Bertz CT molecular complexity index is 1020. The predicted octanol–water partition coefficient (Wildman–Crippen LogP) is 4.39. The number of fused-ring (bicyclic) bond motifs is 1. The number of ether oxygens (including phenoxy) is 3. The van der Waals surface area contributed by atoms with E-state index in [0.29, 0.717) is 34.4 Å². The second kappa shape index (κ2) is 7.80. The SMILES string of the molecule is COc1cc(NCc2cc(=O)oc3cc(C)c(Cl)cc23)cc(OC)c1OC. The highest BCUT2D eigenvalue weighted by Gasteiger charge is 2.14. The van der Waals surface area contributed by atoms with Crippen molar-refractivity contribution in [2.24, 2.45) is 0 Å². The first-order valence-electron chi connectivity index (χ1n) is 8.23. The molecular formula is C20H20ClNO5. The number of hydrogen-bond donors (Lipinski definition) is 1. The van der Waals surface area contributed by atoms with Crippen LogP contribution in [0.5, 0.6) is 17.2 Å². The van der Waals surface area contributed by atoms with Gasteiger partial charge in [-0.3, -0.25) is 0 Å². The fourth-order valence-electron chi connectivity index (χ4n) is 2.87. The molecule has 0 saturated carbocycles. The molecule has 0 atom stereocenters. The van der Waals surface area contributed by atoms with Gasteiger partial charge in [-0.05, 0) is 30.2 Å². The molecule has 2 aromatic carbocycles. The average Bonchev–Trinajstić information content (AvgIpc) is 2.66. The largest absolute Gasteiger partial charge is 0.493 e. The molecule has 0 fully saturated rings. The minimum Gasteiger partial charge on any atom is -0.493 e. The Balaban J connectivity index is 1.98. The van der Waals surface area contributed by atoms with Gasteiger partial charge in [-0.25, -0.2) is 4.79 Å². The van der Waals surface area contributed by atoms with E-state index >= 15 is 0 Å². The molecule has 1 aromatic heterocycles. The summed E-state index contributed by atoms with van der Waals surface area (Å²) in [4.78, 5) is 11.9. The summed E-state index contributed by atoms with van der Waals surface area (Å²) < 4.78 is 21.3. The third-order valence-corrected chi connectivity index (χ3v) is 4.66. The van der Waals surface area contributed by atoms with E-state index in [1.807, 2.05) is 6.92 Å². The average molecular weight is 390 g/mol. The molecule has 1 heterocycles. The Kier molecular flexibility index (Phi) is 5.46. The Morgan fingerprint density at radius 3 is 2.26 bits per heavy atom. The maximum absolute atomic E-state index is 11.9. The maximum atomic E-state index is 11.9. The van der Waals surface area contributed by atoms with Crippen LogP contribution in [-0.2, 0) is 6.54 Å². The van der Waals surface area contributed by atoms with Crippen LogP contribution in [0.2, 0.25) is 5.02 Å². The van der Waals surface area contributed by atoms with Crippen molar-refractivity contribution in [1.82, 2.24) is 0 Å². The number of nitrogens with one attached hydrogen (secondary N) is 1. The molecule has 0 aliphatic rings. The molecule has 0 unspecified atom stereocenters. The van der Waals surface area contributed by atoms with Gasteiger partial charge in [-0.15, -0.1) is 0 Å². The second-order valence-corrected chi connectivity index (χ2v) is 6.36. The molecule has 0 aliphatic carbocycles. The van der Waals surface area contributed by atoms with E-state index in [-0.39, 0.29) is 0 Å². The van der Waals surface area contributed by atoms with E-state index < -0.39 is 5.63 Å². The van der Waals surface area contributed by atoms with E-state index in [4.69, 9.17) is 30.2 Å². The Hall–Kier alpha value is -2.86.